The van der Waals surface area contributed by atoms with Crippen molar-refractivity contribution in [3.8, 4) is 0 Å². The summed E-state index contributed by atoms with van der Waals surface area (Å²) >= 11 is 0. The number of hydrogen-bond donors (Lipinski definition) is 1. The number of carboxylic acids is 1. The molecule has 0 aliphatic heterocycles. The van der Waals surface area contributed by atoms with Crippen molar-refractivity contribution in [2.45, 2.75) is 11.4 Å². The van der Waals surface area contributed by atoms with Crippen molar-refractivity contribution >= 4 is 38.1 Å². The molecule has 162 valence electrons. The van der Waals surface area contributed by atoms with Crippen molar-refractivity contribution in [3.05, 3.63) is 76.3 Å². The molecule has 0 aliphatic rings. The van der Waals surface area contributed by atoms with Gasteiger partial charge in [0.15, 0.2) is 0 Å². The van der Waals surface area contributed by atoms with Crippen molar-refractivity contribution in [3.63, 3.8) is 0 Å². The van der Waals surface area contributed by atoms with Gasteiger partial charge < -0.3 is 10.0 Å². The summed E-state index contributed by atoms with van der Waals surface area (Å²) in [6, 6.07) is 15.5. The van der Waals surface area contributed by atoms with Crippen LogP contribution in [0.15, 0.2) is 65.6 Å². The van der Waals surface area contributed by atoms with Crippen LogP contribution in [0.5, 0.6) is 0 Å². The molecule has 1 N–H and O–H groups in total. The van der Waals surface area contributed by atoms with Crippen LogP contribution < -0.4 is 4.90 Å². The first-order chi connectivity index (χ1) is 14.6. The molecule has 31 heavy (non-hydrogen) atoms. The van der Waals surface area contributed by atoms with Gasteiger partial charge in [0.2, 0.25) is 10.0 Å². The minimum atomic E-state index is -4.19. The van der Waals surface area contributed by atoms with Gasteiger partial charge in [-0.2, -0.15) is 4.31 Å². The number of sulfonamides is 1. The third-order valence-corrected chi connectivity index (χ3v) is 6.63. The molecule has 0 aromatic heterocycles. The van der Waals surface area contributed by atoms with E-state index in [1.165, 1.54) is 30.3 Å². The standard InChI is InChI=1S/C21H21N3O6S/c1-22(2)19-7-3-6-18-17(19)5-4-8-20(18)31(29,30)23(14-21(25)26)13-15-9-11-16(12-10-15)24(27)28/h3-12H,13-14H2,1-2H3,(H,25,26). The lowest BCUT2D eigenvalue weighted by atomic mass is 10.1. The molecule has 3 aromatic carbocycles. The number of nitro groups is 1. The molecule has 0 radical (unpaired) electrons. The molecule has 0 saturated carbocycles. The van der Waals surface area contributed by atoms with Crippen LogP contribution in [0.3, 0.4) is 0 Å². The van der Waals surface area contributed by atoms with Crippen molar-refractivity contribution in [2.24, 2.45) is 0 Å². The summed E-state index contributed by atoms with van der Waals surface area (Å²) in [6.45, 7) is -0.987. The normalized spacial score (nSPS) is 11.6. The average molecular weight is 443 g/mol. The lowest BCUT2D eigenvalue weighted by Gasteiger charge is -2.22. The zero-order valence-electron chi connectivity index (χ0n) is 16.9. The van der Waals surface area contributed by atoms with Crippen LogP contribution in [-0.2, 0) is 21.4 Å². The highest BCUT2D eigenvalue weighted by Gasteiger charge is 2.29. The smallest absolute Gasteiger partial charge is 0.318 e. The Kier molecular flexibility index (Phi) is 6.23. The van der Waals surface area contributed by atoms with Gasteiger partial charge in [0, 0.05) is 49.2 Å². The first-order valence-corrected chi connectivity index (χ1v) is 10.7. The average Bonchev–Trinajstić information content (AvgIpc) is 2.72. The Bertz CT molecular complexity index is 1240. The van der Waals surface area contributed by atoms with Gasteiger partial charge >= 0.3 is 5.97 Å². The Morgan fingerprint density at radius 1 is 1.00 bits per heavy atom. The van der Waals surface area contributed by atoms with Crippen molar-refractivity contribution in [1.29, 1.82) is 0 Å². The van der Waals surface area contributed by atoms with Crippen LogP contribution in [0.25, 0.3) is 10.8 Å². The van der Waals surface area contributed by atoms with E-state index in [-0.39, 0.29) is 17.1 Å². The SMILES string of the molecule is CN(C)c1cccc2c(S(=O)(=O)N(CC(=O)O)Cc3ccc([N+](=O)[O-])cc3)cccc12. The van der Waals surface area contributed by atoms with E-state index in [0.29, 0.717) is 10.9 Å². The number of fused-ring (bicyclic) bond motifs is 1. The fourth-order valence-corrected chi connectivity index (χ4v) is 4.91. The van der Waals surface area contributed by atoms with Crippen LogP contribution in [0.4, 0.5) is 11.4 Å². The van der Waals surface area contributed by atoms with Gasteiger partial charge in [-0.1, -0.05) is 36.4 Å². The predicted octanol–water partition coefficient (Wildman–Crippen LogP) is 3.09. The fourth-order valence-electron chi connectivity index (χ4n) is 3.32. The number of benzene rings is 3. The number of carbonyl (C=O) groups is 1. The van der Waals surface area contributed by atoms with E-state index in [0.717, 1.165) is 15.4 Å². The van der Waals surface area contributed by atoms with E-state index in [1.54, 1.807) is 18.2 Å². The molecule has 0 saturated heterocycles. The molecule has 9 nitrogen and oxygen atoms in total. The minimum absolute atomic E-state index is 0.00291. The number of non-ortho nitro benzene ring substituents is 1. The highest BCUT2D eigenvalue weighted by atomic mass is 32.2. The largest absolute Gasteiger partial charge is 0.480 e. The molecule has 0 unspecified atom stereocenters. The van der Waals surface area contributed by atoms with Gasteiger partial charge in [-0.05, 0) is 17.7 Å². The van der Waals surface area contributed by atoms with E-state index in [1.807, 2.05) is 31.1 Å². The summed E-state index contributed by atoms with van der Waals surface area (Å²) in [5, 5.41) is 21.4. The Morgan fingerprint density at radius 2 is 1.61 bits per heavy atom. The predicted molar refractivity (Wildman–Crippen MR) is 117 cm³/mol. The Hall–Kier alpha value is -3.50. The Morgan fingerprint density at radius 3 is 2.19 bits per heavy atom. The summed E-state index contributed by atoms with van der Waals surface area (Å²) < 4.78 is 27.8. The highest BCUT2D eigenvalue weighted by Crippen LogP contribution is 2.32. The summed E-state index contributed by atoms with van der Waals surface area (Å²) in [5.74, 6) is -1.31. The maximum atomic E-state index is 13.5. The number of hydrogen-bond acceptors (Lipinski definition) is 6. The zero-order valence-corrected chi connectivity index (χ0v) is 17.7. The summed E-state index contributed by atoms with van der Waals surface area (Å²) in [6.07, 6.45) is 0. The van der Waals surface area contributed by atoms with Gasteiger partial charge in [-0.3, -0.25) is 14.9 Å². The Labute approximate surface area is 179 Å². The number of carboxylic acid groups (broad SMARTS) is 1. The van der Waals surface area contributed by atoms with Crippen molar-refractivity contribution in [1.82, 2.24) is 4.31 Å². The molecule has 3 rings (SSSR count). The van der Waals surface area contributed by atoms with Crippen LogP contribution in [0.1, 0.15) is 5.56 Å². The van der Waals surface area contributed by atoms with Crippen molar-refractivity contribution in [2.75, 3.05) is 25.5 Å². The second kappa shape index (κ2) is 8.70. The van der Waals surface area contributed by atoms with E-state index in [2.05, 4.69) is 0 Å². The van der Waals surface area contributed by atoms with Gasteiger partial charge in [0.05, 0.1) is 9.82 Å². The summed E-state index contributed by atoms with van der Waals surface area (Å²) in [5.41, 5.74) is 1.13. The topological polar surface area (TPSA) is 121 Å². The third-order valence-electron chi connectivity index (χ3n) is 4.78. The van der Waals surface area contributed by atoms with Crippen LogP contribution in [0, 0.1) is 10.1 Å². The van der Waals surface area contributed by atoms with Crippen molar-refractivity contribution < 1.29 is 23.2 Å². The maximum Gasteiger partial charge on any atom is 0.318 e. The third kappa shape index (κ3) is 4.65. The molecular formula is C21H21N3O6S. The molecule has 0 aliphatic carbocycles. The molecule has 0 bridgehead atoms. The second-order valence-corrected chi connectivity index (χ2v) is 9.02. The van der Waals surface area contributed by atoms with Crippen LogP contribution in [-0.4, -0.2) is 49.4 Å². The summed E-state index contributed by atoms with van der Waals surface area (Å²) in [7, 11) is -0.493. The molecule has 0 amide bonds. The lowest BCUT2D eigenvalue weighted by Crippen LogP contribution is -2.35. The number of rotatable bonds is 8. The fraction of sp³-hybridized carbons (Fsp3) is 0.190. The maximum absolute atomic E-state index is 13.5. The van der Waals surface area contributed by atoms with E-state index >= 15 is 0 Å². The van der Waals surface area contributed by atoms with Gasteiger partial charge in [-0.15, -0.1) is 0 Å². The van der Waals surface area contributed by atoms with Crippen LogP contribution in [0.2, 0.25) is 0 Å². The number of nitro benzene ring substituents is 1. The zero-order chi connectivity index (χ0) is 22.8. The second-order valence-electron chi connectivity index (χ2n) is 7.11. The first-order valence-electron chi connectivity index (χ1n) is 9.25. The highest BCUT2D eigenvalue weighted by molar-refractivity contribution is 7.89. The van der Waals surface area contributed by atoms with Gasteiger partial charge in [0.25, 0.3) is 5.69 Å². The summed E-state index contributed by atoms with van der Waals surface area (Å²) in [4.78, 5) is 23.6. The first kappa shape index (κ1) is 22.2. The quantitative estimate of drug-likeness (QED) is 0.419. The monoisotopic (exact) mass is 443 g/mol. The van der Waals surface area contributed by atoms with E-state index < -0.39 is 27.5 Å². The lowest BCUT2D eigenvalue weighted by molar-refractivity contribution is -0.384. The molecule has 0 heterocycles. The van der Waals surface area contributed by atoms with E-state index in [9.17, 15) is 28.4 Å². The number of aliphatic carboxylic acids is 1. The molecule has 0 atom stereocenters. The molecule has 0 fully saturated rings. The minimum Gasteiger partial charge on any atom is -0.480 e. The number of anilines is 1. The van der Waals surface area contributed by atoms with Crippen LogP contribution >= 0.6 is 0 Å². The molecule has 3 aromatic rings. The van der Waals surface area contributed by atoms with E-state index in [4.69, 9.17) is 0 Å². The molecule has 10 heteroatoms. The Balaban J connectivity index is 2.08. The van der Waals surface area contributed by atoms with Gasteiger partial charge in [0.1, 0.15) is 6.54 Å². The molecular weight excluding hydrogens is 422 g/mol. The van der Waals surface area contributed by atoms with Gasteiger partial charge in [-0.25, -0.2) is 8.42 Å². The number of nitrogens with zero attached hydrogens (tertiary/aromatic N) is 3. The molecule has 0 spiro atoms.